The summed E-state index contributed by atoms with van der Waals surface area (Å²) < 4.78 is 5.40. The summed E-state index contributed by atoms with van der Waals surface area (Å²) in [6.45, 7) is 4.39. The first-order valence-corrected chi connectivity index (χ1v) is 10.1. The Bertz CT molecular complexity index is 823. The molecule has 1 aliphatic carbocycles. The summed E-state index contributed by atoms with van der Waals surface area (Å²) in [6.07, 6.45) is 5.37. The highest BCUT2D eigenvalue weighted by atomic mass is 35.5. The van der Waals surface area contributed by atoms with Crippen LogP contribution in [0.25, 0.3) is 0 Å². The second kappa shape index (κ2) is 8.75. The number of unbranched alkanes of at least 4 members (excludes halogenated alkanes) is 3. The largest absolute Gasteiger partial charge is 0.461 e. The van der Waals surface area contributed by atoms with Gasteiger partial charge in [-0.15, -0.1) is 0 Å². The van der Waals surface area contributed by atoms with Gasteiger partial charge in [-0.05, 0) is 48.9 Å². The van der Waals surface area contributed by atoms with E-state index in [1.807, 2.05) is 31.2 Å². The third-order valence-electron chi connectivity index (χ3n) is 5.27. The Morgan fingerprint density at radius 2 is 1.93 bits per heavy atom. The summed E-state index contributed by atoms with van der Waals surface area (Å²) >= 11 is 5.96. The van der Waals surface area contributed by atoms with Crippen LogP contribution in [0.3, 0.4) is 0 Å². The van der Waals surface area contributed by atoms with E-state index in [-0.39, 0.29) is 17.7 Å². The lowest BCUT2D eigenvalue weighted by molar-refractivity contribution is 0.0490. The smallest absolute Gasteiger partial charge is 0.355 e. The number of carbonyl (C=O) groups excluding carboxylic acids is 2. The van der Waals surface area contributed by atoms with E-state index >= 15 is 0 Å². The molecule has 144 valence electrons. The minimum Gasteiger partial charge on any atom is -0.461 e. The summed E-state index contributed by atoms with van der Waals surface area (Å²) in [6, 6.07) is 7.62. The Hall–Kier alpha value is -2.07. The molecule has 4 nitrogen and oxygen atoms in total. The van der Waals surface area contributed by atoms with Crippen LogP contribution < -0.4 is 0 Å². The quantitative estimate of drug-likeness (QED) is 0.495. The van der Waals surface area contributed by atoms with Crippen molar-refractivity contribution in [2.45, 2.75) is 58.3 Å². The van der Waals surface area contributed by atoms with Crippen LogP contribution in [0.4, 0.5) is 0 Å². The molecule has 1 heterocycles. The molecule has 1 aliphatic rings. The summed E-state index contributed by atoms with van der Waals surface area (Å²) in [5.41, 5.74) is 3.72. The molecule has 0 radical (unpaired) electrons. The average Bonchev–Trinajstić information content (AvgIpc) is 2.99. The lowest BCUT2D eigenvalue weighted by Crippen LogP contribution is -2.18. The molecule has 0 amide bonds. The third kappa shape index (κ3) is 4.44. The van der Waals surface area contributed by atoms with Crippen LogP contribution in [0.1, 0.15) is 82.6 Å². The fraction of sp³-hybridized carbons (Fsp3) is 0.455. The number of hydrogen-bond donors (Lipinski definition) is 1. The number of ketones is 1. The second-order valence-corrected chi connectivity index (χ2v) is 7.69. The number of aromatic amines is 1. The van der Waals surface area contributed by atoms with E-state index in [4.69, 9.17) is 16.3 Å². The number of fused-ring (bicyclic) bond motifs is 1. The molecule has 0 aliphatic heterocycles. The maximum absolute atomic E-state index is 12.7. The van der Waals surface area contributed by atoms with Crippen molar-refractivity contribution in [2.75, 3.05) is 6.61 Å². The van der Waals surface area contributed by atoms with Crippen LogP contribution in [-0.2, 0) is 11.2 Å². The maximum Gasteiger partial charge on any atom is 0.355 e. The van der Waals surface area contributed by atoms with E-state index < -0.39 is 0 Å². The molecule has 0 bridgehead atoms. The minimum absolute atomic E-state index is 0.0759. The topological polar surface area (TPSA) is 59.2 Å². The Labute approximate surface area is 165 Å². The predicted octanol–water partition coefficient (Wildman–Crippen LogP) is 5.63. The number of Topliss-reactive ketones (excluding diaryl/α,β-unsaturated/α-hetero) is 1. The van der Waals surface area contributed by atoms with Gasteiger partial charge in [0.05, 0.1) is 6.61 Å². The van der Waals surface area contributed by atoms with Crippen LogP contribution in [-0.4, -0.2) is 23.3 Å². The van der Waals surface area contributed by atoms with Crippen molar-refractivity contribution in [2.24, 2.45) is 0 Å². The zero-order valence-electron chi connectivity index (χ0n) is 15.9. The van der Waals surface area contributed by atoms with Crippen molar-refractivity contribution in [1.29, 1.82) is 0 Å². The number of esters is 1. The van der Waals surface area contributed by atoms with E-state index in [0.29, 0.717) is 41.3 Å². The summed E-state index contributed by atoms with van der Waals surface area (Å²) in [4.78, 5) is 28.3. The number of carbonyl (C=O) groups is 2. The van der Waals surface area contributed by atoms with E-state index in [1.54, 1.807) is 0 Å². The standard InChI is InChI=1S/C22H26ClNO3/c1-3-4-5-6-11-27-22(26)21-14(2)20-18(24-21)12-16(13-19(20)25)15-7-9-17(23)10-8-15/h7-10,16,24H,3-6,11-13H2,1-2H3/t16-/m0/s1. The fourth-order valence-corrected chi connectivity index (χ4v) is 3.90. The lowest BCUT2D eigenvalue weighted by atomic mass is 9.81. The zero-order valence-corrected chi connectivity index (χ0v) is 16.7. The first kappa shape index (κ1) is 19.7. The Balaban J connectivity index is 1.73. The van der Waals surface area contributed by atoms with Crippen molar-refractivity contribution in [3.63, 3.8) is 0 Å². The van der Waals surface area contributed by atoms with E-state index in [1.165, 1.54) is 0 Å². The van der Waals surface area contributed by atoms with Crippen molar-refractivity contribution in [1.82, 2.24) is 4.98 Å². The fourth-order valence-electron chi connectivity index (χ4n) is 3.77. The molecule has 1 N–H and O–H groups in total. The van der Waals surface area contributed by atoms with Gasteiger partial charge in [0, 0.05) is 22.7 Å². The van der Waals surface area contributed by atoms with Crippen LogP contribution >= 0.6 is 11.6 Å². The molecule has 27 heavy (non-hydrogen) atoms. The molecule has 1 aromatic carbocycles. The summed E-state index contributed by atoms with van der Waals surface area (Å²) in [5.74, 6) is -0.195. The van der Waals surface area contributed by atoms with Gasteiger partial charge in [-0.3, -0.25) is 4.79 Å². The number of ether oxygens (including phenoxy) is 1. The predicted molar refractivity (Wildman–Crippen MR) is 107 cm³/mol. The van der Waals surface area contributed by atoms with Gasteiger partial charge in [0.2, 0.25) is 0 Å². The molecule has 0 fully saturated rings. The number of nitrogens with one attached hydrogen (secondary N) is 1. The van der Waals surface area contributed by atoms with E-state index in [2.05, 4.69) is 11.9 Å². The Morgan fingerprint density at radius 1 is 1.19 bits per heavy atom. The average molecular weight is 388 g/mol. The minimum atomic E-state index is -0.366. The highest BCUT2D eigenvalue weighted by Gasteiger charge is 2.32. The van der Waals surface area contributed by atoms with Gasteiger partial charge in [0.1, 0.15) is 5.69 Å². The molecule has 0 saturated heterocycles. The number of hydrogen-bond acceptors (Lipinski definition) is 3. The first-order valence-electron chi connectivity index (χ1n) is 9.68. The molecule has 0 saturated carbocycles. The summed E-state index contributed by atoms with van der Waals surface area (Å²) in [5, 5.41) is 0.682. The van der Waals surface area contributed by atoms with Crippen molar-refractivity contribution >= 4 is 23.4 Å². The SMILES string of the molecule is CCCCCCOC(=O)c1[nH]c2c(c1C)C(=O)C[C@@H](c1ccc(Cl)cc1)C2. The Morgan fingerprint density at radius 3 is 2.63 bits per heavy atom. The van der Waals surface area contributed by atoms with Gasteiger partial charge in [-0.1, -0.05) is 49.9 Å². The Kier molecular flexibility index (Phi) is 6.38. The van der Waals surface area contributed by atoms with Gasteiger partial charge in [-0.2, -0.15) is 0 Å². The highest BCUT2D eigenvalue weighted by molar-refractivity contribution is 6.30. The highest BCUT2D eigenvalue weighted by Crippen LogP contribution is 2.35. The maximum atomic E-state index is 12.7. The molecule has 0 spiro atoms. The molecule has 1 atom stereocenters. The molecular weight excluding hydrogens is 362 g/mol. The molecule has 3 rings (SSSR count). The summed E-state index contributed by atoms with van der Waals surface area (Å²) in [7, 11) is 0. The van der Waals surface area contributed by atoms with Crippen LogP contribution in [0.15, 0.2) is 24.3 Å². The van der Waals surface area contributed by atoms with Gasteiger partial charge >= 0.3 is 5.97 Å². The van der Waals surface area contributed by atoms with Gasteiger partial charge < -0.3 is 9.72 Å². The second-order valence-electron chi connectivity index (χ2n) is 7.26. The molecular formula is C22H26ClNO3. The molecule has 1 aromatic heterocycles. The van der Waals surface area contributed by atoms with Crippen molar-refractivity contribution in [3.8, 4) is 0 Å². The molecule has 0 unspecified atom stereocenters. The lowest BCUT2D eigenvalue weighted by Gasteiger charge is -2.22. The zero-order chi connectivity index (χ0) is 19.4. The van der Waals surface area contributed by atoms with Crippen LogP contribution in [0.2, 0.25) is 5.02 Å². The molecule has 5 heteroatoms. The number of aromatic nitrogens is 1. The number of rotatable bonds is 7. The van der Waals surface area contributed by atoms with Crippen molar-refractivity contribution < 1.29 is 14.3 Å². The number of H-pyrrole nitrogens is 1. The third-order valence-corrected chi connectivity index (χ3v) is 5.52. The van der Waals surface area contributed by atoms with E-state index in [9.17, 15) is 9.59 Å². The molecule has 2 aromatic rings. The number of benzene rings is 1. The van der Waals surface area contributed by atoms with Crippen molar-refractivity contribution in [3.05, 3.63) is 57.4 Å². The van der Waals surface area contributed by atoms with Gasteiger partial charge in [0.15, 0.2) is 5.78 Å². The van der Waals surface area contributed by atoms with Crippen LogP contribution in [0, 0.1) is 6.92 Å². The number of halogens is 1. The van der Waals surface area contributed by atoms with Gasteiger partial charge in [0.25, 0.3) is 0 Å². The van der Waals surface area contributed by atoms with E-state index in [0.717, 1.165) is 36.9 Å². The first-order chi connectivity index (χ1) is 13.0. The normalized spacial score (nSPS) is 16.3. The van der Waals surface area contributed by atoms with Crippen LogP contribution in [0.5, 0.6) is 0 Å². The monoisotopic (exact) mass is 387 g/mol. The van der Waals surface area contributed by atoms with Gasteiger partial charge in [-0.25, -0.2) is 4.79 Å².